The van der Waals surface area contributed by atoms with Gasteiger partial charge in [0.15, 0.2) is 0 Å². The van der Waals surface area contributed by atoms with Crippen LogP contribution in [-0.2, 0) is 0 Å². The van der Waals surface area contributed by atoms with Crippen molar-refractivity contribution in [3.63, 3.8) is 0 Å². The number of nitrogens with zero attached hydrogens (tertiary/aromatic N) is 2. The highest BCUT2D eigenvalue weighted by atomic mass is 15.3. The Morgan fingerprint density at radius 3 is 2.72 bits per heavy atom. The summed E-state index contributed by atoms with van der Waals surface area (Å²) in [5, 5.41) is 3.59. The molecule has 3 nitrogen and oxygen atoms in total. The van der Waals surface area contributed by atoms with Gasteiger partial charge in [0.05, 0.1) is 0 Å². The summed E-state index contributed by atoms with van der Waals surface area (Å²) < 4.78 is 0. The lowest BCUT2D eigenvalue weighted by Crippen LogP contribution is -2.49. The second kappa shape index (κ2) is 4.77. The number of nitrogens with one attached hydrogen (secondary N) is 1. The molecule has 3 rings (SSSR count). The molecule has 3 heterocycles. The van der Waals surface area contributed by atoms with Crippen LogP contribution in [0, 0.1) is 11.8 Å². The summed E-state index contributed by atoms with van der Waals surface area (Å²) in [5.74, 6) is 1.78. The maximum absolute atomic E-state index is 3.59. The van der Waals surface area contributed by atoms with E-state index in [2.05, 4.69) is 36.0 Å². The molecule has 3 aliphatic heterocycles. The lowest BCUT2D eigenvalue weighted by molar-refractivity contribution is 0.0805. The van der Waals surface area contributed by atoms with Crippen molar-refractivity contribution in [3.8, 4) is 0 Å². The number of hydrogen-bond acceptors (Lipinski definition) is 3. The van der Waals surface area contributed by atoms with E-state index in [1.165, 1.54) is 52.0 Å². The van der Waals surface area contributed by atoms with Crippen molar-refractivity contribution < 1.29 is 0 Å². The number of hydrogen-bond donors (Lipinski definition) is 1. The largest absolute Gasteiger partial charge is 0.316 e. The van der Waals surface area contributed by atoms with Gasteiger partial charge < -0.3 is 10.2 Å². The van der Waals surface area contributed by atoms with Crippen molar-refractivity contribution >= 4 is 0 Å². The standard InChI is InChI=1S/C15H29N3/c1-15(2)14-10-16-9-12(14)11-18(15)13-5-4-7-17(3)8-6-13/h12-14,16H,4-11H2,1-3H3. The molecule has 0 aromatic heterocycles. The molecule has 0 spiro atoms. The predicted molar refractivity (Wildman–Crippen MR) is 75.8 cm³/mol. The minimum Gasteiger partial charge on any atom is -0.316 e. The van der Waals surface area contributed by atoms with E-state index in [9.17, 15) is 0 Å². The SMILES string of the molecule is CN1CCCC(N2CC3CNCC3C2(C)C)CC1. The molecule has 0 aromatic carbocycles. The lowest BCUT2D eigenvalue weighted by atomic mass is 9.84. The topological polar surface area (TPSA) is 18.5 Å². The molecule has 3 aliphatic rings. The van der Waals surface area contributed by atoms with Gasteiger partial charge in [-0.3, -0.25) is 4.90 Å². The average molecular weight is 251 g/mol. The van der Waals surface area contributed by atoms with Crippen LogP contribution in [0.1, 0.15) is 33.1 Å². The first-order valence-electron chi connectivity index (χ1n) is 7.75. The number of rotatable bonds is 1. The molecule has 1 N–H and O–H groups in total. The van der Waals surface area contributed by atoms with Gasteiger partial charge in [-0.05, 0) is 71.6 Å². The number of fused-ring (bicyclic) bond motifs is 1. The molecule has 3 saturated heterocycles. The Hall–Kier alpha value is -0.120. The average Bonchev–Trinajstić information content (AvgIpc) is 2.80. The third kappa shape index (κ3) is 2.10. The van der Waals surface area contributed by atoms with Crippen molar-refractivity contribution in [2.75, 3.05) is 39.8 Å². The van der Waals surface area contributed by atoms with Crippen molar-refractivity contribution in [1.29, 1.82) is 0 Å². The second-order valence-electron chi connectivity index (χ2n) is 7.22. The van der Waals surface area contributed by atoms with Gasteiger partial charge in [0.2, 0.25) is 0 Å². The molecule has 0 aliphatic carbocycles. The van der Waals surface area contributed by atoms with Gasteiger partial charge in [0.1, 0.15) is 0 Å². The van der Waals surface area contributed by atoms with E-state index in [-0.39, 0.29) is 0 Å². The normalized spacial score (nSPS) is 41.8. The fourth-order valence-corrected chi connectivity index (χ4v) is 4.61. The molecule has 0 saturated carbocycles. The van der Waals surface area contributed by atoms with Crippen molar-refractivity contribution in [1.82, 2.24) is 15.1 Å². The Morgan fingerprint density at radius 1 is 1.11 bits per heavy atom. The summed E-state index contributed by atoms with van der Waals surface area (Å²) in [5.41, 5.74) is 0.405. The Balaban J connectivity index is 1.72. The Labute approximate surface area is 112 Å². The minimum absolute atomic E-state index is 0.405. The molecular weight excluding hydrogens is 222 g/mol. The summed E-state index contributed by atoms with van der Waals surface area (Å²) in [6.45, 7) is 11.4. The van der Waals surface area contributed by atoms with Crippen molar-refractivity contribution in [3.05, 3.63) is 0 Å². The van der Waals surface area contributed by atoms with Crippen LogP contribution in [0.2, 0.25) is 0 Å². The van der Waals surface area contributed by atoms with Crippen molar-refractivity contribution in [2.45, 2.75) is 44.7 Å². The van der Waals surface area contributed by atoms with Crippen LogP contribution in [-0.4, -0.2) is 61.2 Å². The molecule has 0 bridgehead atoms. The summed E-state index contributed by atoms with van der Waals surface area (Å²) in [4.78, 5) is 5.37. The molecule has 3 fully saturated rings. The van der Waals surface area contributed by atoms with E-state index >= 15 is 0 Å². The van der Waals surface area contributed by atoms with Crippen LogP contribution >= 0.6 is 0 Å². The highest BCUT2D eigenvalue weighted by molar-refractivity contribution is 5.06. The van der Waals surface area contributed by atoms with E-state index in [0.717, 1.165) is 17.9 Å². The smallest absolute Gasteiger partial charge is 0.0200 e. The molecular formula is C15H29N3. The zero-order valence-electron chi connectivity index (χ0n) is 12.3. The molecule has 104 valence electrons. The minimum atomic E-state index is 0.405. The van der Waals surface area contributed by atoms with Crippen LogP contribution in [0.5, 0.6) is 0 Å². The van der Waals surface area contributed by atoms with Crippen LogP contribution in [0.3, 0.4) is 0 Å². The summed E-state index contributed by atoms with van der Waals surface area (Å²) in [7, 11) is 2.27. The van der Waals surface area contributed by atoms with Gasteiger partial charge in [0, 0.05) is 24.7 Å². The number of likely N-dealkylation sites (tertiary alicyclic amines) is 2. The highest BCUT2D eigenvalue weighted by Crippen LogP contribution is 2.43. The third-order valence-corrected chi connectivity index (χ3v) is 5.78. The second-order valence-corrected chi connectivity index (χ2v) is 7.22. The highest BCUT2D eigenvalue weighted by Gasteiger charge is 2.51. The van der Waals surface area contributed by atoms with Crippen molar-refractivity contribution in [2.24, 2.45) is 11.8 Å². The van der Waals surface area contributed by atoms with E-state index in [1.807, 2.05) is 0 Å². The Bertz CT molecular complexity index is 302. The van der Waals surface area contributed by atoms with Gasteiger partial charge in [-0.2, -0.15) is 0 Å². The Kier molecular flexibility index (Phi) is 3.41. The van der Waals surface area contributed by atoms with Gasteiger partial charge in [-0.15, -0.1) is 0 Å². The summed E-state index contributed by atoms with van der Waals surface area (Å²) in [6.07, 6.45) is 4.15. The first kappa shape index (κ1) is 12.9. The zero-order chi connectivity index (χ0) is 12.8. The molecule has 0 radical (unpaired) electrons. The fraction of sp³-hybridized carbons (Fsp3) is 1.00. The monoisotopic (exact) mass is 251 g/mol. The molecule has 0 aromatic rings. The van der Waals surface area contributed by atoms with Gasteiger partial charge in [-0.1, -0.05) is 0 Å². The van der Waals surface area contributed by atoms with Gasteiger partial charge in [0.25, 0.3) is 0 Å². The van der Waals surface area contributed by atoms with E-state index < -0.39 is 0 Å². The van der Waals surface area contributed by atoms with Gasteiger partial charge >= 0.3 is 0 Å². The van der Waals surface area contributed by atoms with E-state index in [0.29, 0.717) is 5.54 Å². The Morgan fingerprint density at radius 2 is 1.94 bits per heavy atom. The quantitative estimate of drug-likeness (QED) is 0.760. The lowest BCUT2D eigenvalue weighted by Gasteiger charge is -2.41. The molecule has 3 unspecified atom stereocenters. The van der Waals surface area contributed by atoms with Gasteiger partial charge in [-0.25, -0.2) is 0 Å². The van der Waals surface area contributed by atoms with Crippen LogP contribution < -0.4 is 5.32 Å². The maximum atomic E-state index is 3.59. The molecule has 3 atom stereocenters. The van der Waals surface area contributed by atoms with E-state index in [1.54, 1.807) is 0 Å². The summed E-state index contributed by atoms with van der Waals surface area (Å²) in [6, 6.07) is 0.829. The first-order valence-corrected chi connectivity index (χ1v) is 7.75. The van der Waals surface area contributed by atoms with Crippen LogP contribution in [0.4, 0.5) is 0 Å². The molecule has 3 heteroatoms. The third-order valence-electron chi connectivity index (χ3n) is 5.78. The first-order chi connectivity index (χ1) is 8.59. The predicted octanol–water partition coefficient (Wildman–Crippen LogP) is 1.40. The molecule has 18 heavy (non-hydrogen) atoms. The fourth-order valence-electron chi connectivity index (χ4n) is 4.61. The summed E-state index contributed by atoms with van der Waals surface area (Å²) >= 11 is 0. The zero-order valence-corrected chi connectivity index (χ0v) is 12.3. The van der Waals surface area contributed by atoms with E-state index in [4.69, 9.17) is 0 Å². The molecule has 0 amide bonds. The maximum Gasteiger partial charge on any atom is 0.0200 e. The van der Waals surface area contributed by atoms with Crippen LogP contribution in [0.25, 0.3) is 0 Å². The van der Waals surface area contributed by atoms with Crippen LogP contribution in [0.15, 0.2) is 0 Å².